The molecule has 0 radical (unpaired) electrons. The van der Waals surface area contributed by atoms with Gasteiger partial charge in [0.15, 0.2) is 0 Å². The van der Waals surface area contributed by atoms with E-state index in [0.29, 0.717) is 0 Å². The molecule has 1 amide bonds. The van der Waals surface area contributed by atoms with E-state index in [-0.39, 0.29) is 23.5 Å². The number of benzene rings is 1. The molecule has 2 rings (SSSR count). The van der Waals surface area contributed by atoms with Crippen LogP contribution in [0.5, 0.6) is 0 Å². The molecule has 0 heterocycles. The lowest BCUT2D eigenvalue weighted by atomic mass is 9.81. The van der Waals surface area contributed by atoms with Crippen molar-refractivity contribution < 1.29 is 22.1 Å². The lowest BCUT2D eigenvalue weighted by molar-refractivity contribution is 0.0491. The molecule has 1 aromatic carbocycles. The van der Waals surface area contributed by atoms with Gasteiger partial charge < -0.3 is 10.1 Å². The molecule has 7 heteroatoms. The minimum Gasteiger partial charge on any atom is -0.444 e. The van der Waals surface area contributed by atoms with Gasteiger partial charge in [0.1, 0.15) is 5.60 Å². The predicted molar refractivity (Wildman–Crippen MR) is 104 cm³/mol. The average Bonchev–Trinajstić information content (AvgIpc) is 2.53. The molecule has 0 atom stereocenters. The molecular weight excluding hydrogens is 366 g/mol. The van der Waals surface area contributed by atoms with E-state index in [2.05, 4.69) is 5.32 Å². The van der Waals surface area contributed by atoms with Gasteiger partial charge in [-0.3, -0.25) is 4.18 Å². The van der Waals surface area contributed by atoms with Crippen LogP contribution in [0.4, 0.5) is 4.79 Å². The van der Waals surface area contributed by atoms with Crippen molar-refractivity contribution in [2.75, 3.05) is 6.61 Å². The van der Waals surface area contributed by atoms with E-state index in [1.165, 1.54) is 0 Å². The van der Waals surface area contributed by atoms with Crippen molar-refractivity contribution in [2.24, 2.45) is 0 Å². The molecule has 6 nitrogen and oxygen atoms in total. The quantitative estimate of drug-likeness (QED) is 0.750. The van der Waals surface area contributed by atoms with E-state index < -0.39 is 21.8 Å². The van der Waals surface area contributed by atoms with Gasteiger partial charge in [0.25, 0.3) is 10.1 Å². The summed E-state index contributed by atoms with van der Waals surface area (Å²) in [6.07, 6.45) is 2.77. The molecule has 152 valence electrons. The summed E-state index contributed by atoms with van der Waals surface area (Å²) in [4.78, 5) is 12.2. The number of alkyl carbamates (subject to hydrolysis) is 1. The van der Waals surface area contributed by atoms with Gasteiger partial charge in [0, 0.05) is 6.04 Å². The molecule has 0 bridgehead atoms. The van der Waals surface area contributed by atoms with Gasteiger partial charge in [0.2, 0.25) is 0 Å². The molecule has 0 aromatic heterocycles. The van der Waals surface area contributed by atoms with Gasteiger partial charge in [-0.25, -0.2) is 4.79 Å². The van der Waals surface area contributed by atoms with Crippen molar-refractivity contribution in [3.8, 4) is 0 Å². The van der Waals surface area contributed by atoms with E-state index in [0.717, 1.165) is 36.8 Å². The Bertz CT molecular complexity index is 759. The fraction of sp³-hybridized carbons (Fsp3) is 0.650. The van der Waals surface area contributed by atoms with Crippen molar-refractivity contribution in [2.45, 2.75) is 82.8 Å². The summed E-state index contributed by atoms with van der Waals surface area (Å²) in [6, 6.07) is 5.43. The Morgan fingerprint density at radius 1 is 1.19 bits per heavy atom. The number of rotatable bonds is 5. The van der Waals surface area contributed by atoms with Crippen LogP contribution >= 0.6 is 0 Å². The molecule has 1 aliphatic carbocycles. The van der Waals surface area contributed by atoms with Crippen molar-refractivity contribution in [3.05, 3.63) is 29.3 Å². The standard InChI is InChI=1S/C20H31NO5S/c1-6-25-27(23,24)18-12-7-14(2)13-17(18)15-8-10-16(11-9-15)21-19(22)26-20(3,4)5/h7,12-13,15-16H,6,8-11H2,1-5H3,(H,21,22). The van der Waals surface area contributed by atoms with Crippen molar-refractivity contribution in [1.29, 1.82) is 0 Å². The molecule has 0 aliphatic heterocycles. The number of carbonyl (C=O) groups is 1. The summed E-state index contributed by atoms with van der Waals surface area (Å²) >= 11 is 0. The summed E-state index contributed by atoms with van der Waals surface area (Å²) in [5.41, 5.74) is 1.32. The largest absolute Gasteiger partial charge is 0.444 e. The smallest absolute Gasteiger partial charge is 0.407 e. The molecule has 1 fully saturated rings. The highest BCUT2D eigenvalue weighted by Gasteiger charge is 2.29. The molecule has 1 N–H and O–H groups in total. The van der Waals surface area contributed by atoms with E-state index in [1.54, 1.807) is 19.1 Å². The Balaban J connectivity index is 2.08. The van der Waals surface area contributed by atoms with Gasteiger partial charge in [0.05, 0.1) is 11.5 Å². The Hall–Kier alpha value is -1.60. The van der Waals surface area contributed by atoms with Gasteiger partial charge in [-0.15, -0.1) is 0 Å². The van der Waals surface area contributed by atoms with Crippen LogP contribution in [-0.2, 0) is 19.0 Å². The highest BCUT2D eigenvalue weighted by molar-refractivity contribution is 7.86. The van der Waals surface area contributed by atoms with Crippen LogP contribution in [0.2, 0.25) is 0 Å². The Labute approximate surface area is 162 Å². The first-order chi connectivity index (χ1) is 12.5. The van der Waals surface area contributed by atoms with E-state index in [1.807, 2.05) is 33.8 Å². The first-order valence-electron chi connectivity index (χ1n) is 9.51. The van der Waals surface area contributed by atoms with Crippen LogP contribution in [-0.4, -0.2) is 32.8 Å². The molecule has 0 unspecified atom stereocenters. The first-order valence-corrected chi connectivity index (χ1v) is 10.9. The fourth-order valence-corrected chi connectivity index (χ4v) is 4.64. The molecule has 0 saturated heterocycles. The third-order valence-corrected chi connectivity index (χ3v) is 6.05. The number of hydrogen-bond donors (Lipinski definition) is 1. The summed E-state index contributed by atoms with van der Waals surface area (Å²) < 4.78 is 35.2. The van der Waals surface area contributed by atoms with Crippen molar-refractivity contribution in [3.63, 3.8) is 0 Å². The van der Waals surface area contributed by atoms with Gasteiger partial charge in [-0.05, 0) is 77.8 Å². The summed E-state index contributed by atoms with van der Waals surface area (Å²) in [7, 11) is -3.75. The number of amides is 1. The van der Waals surface area contributed by atoms with E-state index in [9.17, 15) is 13.2 Å². The lowest BCUT2D eigenvalue weighted by Crippen LogP contribution is -2.40. The third kappa shape index (κ3) is 6.21. The minimum absolute atomic E-state index is 0.0489. The Morgan fingerprint density at radius 2 is 1.81 bits per heavy atom. The van der Waals surface area contributed by atoms with Crippen LogP contribution < -0.4 is 5.32 Å². The predicted octanol–water partition coefficient (Wildman–Crippen LogP) is 4.27. The molecular formula is C20H31NO5S. The molecule has 1 aromatic rings. The minimum atomic E-state index is -3.75. The third-order valence-electron chi connectivity index (χ3n) is 4.60. The summed E-state index contributed by atoms with van der Waals surface area (Å²) in [6.45, 7) is 9.24. The number of hydrogen-bond acceptors (Lipinski definition) is 5. The number of carbonyl (C=O) groups excluding carboxylic acids is 1. The highest BCUT2D eigenvalue weighted by atomic mass is 32.2. The molecule has 1 saturated carbocycles. The van der Waals surface area contributed by atoms with Crippen LogP contribution in [0.3, 0.4) is 0 Å². The van der Waals surface area contributed by atoms with Gasteiger partial charge in [-0.1, -0.05) is 17.7 Å². The van der Waals surface area contributed by atoms with Crippen molar-refractivity contribution >= 4 is 16.2 Å². The molecule has 27 heavy (non-hydrogen) atoms. The van der Waals surface area contributed by atoms with Crippen LogP contribution in [0.15, 0.2) is 23.1 Å². The van der Waals surface area contributed by atoms with Gasteiger partial charge in [-0.2, -0.15) is 8.42 Å². The Kier molecular flexibility index (Phi) is 6.92. The summed E-state index contributed by atoms with van der Waals surface area (Å²) in [5, 5.41) is 2.92. The average molecular weight is 398 g/mol. The topological polar surface area (TPSA) is 81.7 Å². The summed E-state index contributed by atoms with van der Waals surface area (Å²) in [5.74, 6) is 0.131. The highest BCUT2D eigenvalue weighted by Crippen LogP contribution is 2.37. The maximum Gasteiger partial charge on any atom is 0.407 e. The normalized spacial score (nSPS) is 20.9. The van der Waals surface area contributed by atoms with Crippen LogP contribution in [0.1, 0.15) is 70.4 Å². The maximum atomic E-state index is 12.5. The van der Waals surface area contributed by atoms with Gasteiger partial charge >= 0.3 is 6.09 Å². The molecule has 1 aliphatic rings. The second kappa shape index (κ2) is 8.61. The zero-order valence-corrected chi connectivity index (χ0v) is 17.7. The fourth-order valence-electron chi connectivity index (χ4n) is 3.46. The van der Waals surface area contributed by atoms with Crippen molar-refractivity contribution in [1.82, 2.24) is 5.32 Å². The molecule has 0 spiro atoms. The van der Waals surface area contributed by atoms with E-state index in [4.69, 9.17) is 8.92 Å². The monoisotopic (exact) mass is 397 g/mol. The number of aryl methyl sites for hydroxylation is 1. The maximum absolute atomic E-state index is 12.5. The number of nitrogens with one attached hydrogen (secondary N) is 1. The second-order valence-electron chi connectivity index (χ2n) is 8.10. The lowest BCUT2D eigenvalue weighted by Gasteiger charge is -2.31. The first kappa shape index (κ1) is 21.7. The zero-order valence-electron chi connectivity index (χ0n) is 16.9. The Morgan fingerprint density at radius 3 is 2.37 bits per heavy atom. The zero-order chi connectivity index (χ0) is 20.2. The number of ether oxygens (including phenoxy) is 1. The van der Waals surface area contributed by atoms with E-state index >= 15 is 0 Å². The SMILES string of the molecule is CCOS(=O)(=O)c1ccc(C)cc1C1CCC(NC(=O)OC(C)(C)C)CC1. The van der Waals surface area contributed by atoms with Crippen LogP contribution in [0, 0.1) is 6.92 Å². The van der Waals surface area contributed by atoms with Crippen LogP contribution in [0.25, 0.3) is 0 Å². The second-order valence-corrected chi connectivity index (χ2v) is 9.68.